The minimum absolute atomic E-state index is 0.0249. The van der Waals surface area contributed by atoms with Gasteiger partial charge in [-0.1, -0.05) is 18.2 Å². The van der Waals surface area contributed by atoms with Gasteiger partial charge in [-0.05, 0) is 61.4 Å². The highest BCUT2D eigenvalue weighted by Gasteiger charge is 2.26. The van der Waals surface area contributed by atoms with E-state index in [-0.39, 0.29) is 28.7 Å². The van der Waals surface area contributed by atoms with Crippen molar-refractivity contribution in [3.63, 3.8) is 0 Å². The highest BCUT2D eigenvalue weighted by molar-refractivity contribution is 7.99. The molecule has 1 aliphatic rings. The second-order valence-electron chi connectivity index (χ2n) is 9.06. The van der Waals surface area contributed by atoms with Crippen LogP contribution in [0.15, 0.2) is 70.2 Å². The van der Waals surface area contributed by atoms with Gasteiger partial charge in [0.1, 0.15) is 5.82 Å². The van der Waals surface area contributed by atoms with Crippen molar-refractivity contribution in [3.8, 4) is 5.69 Å². The van der Waals surface area contributed by atoms with Crippen LogP contribution in [0.3, 0.4) is 0 Å². The van der Waals surface area contributed by atoms with Crippen molar-refractivity contribution >= 4 is 50.1 Å². The van der Waals surface area contributed by atoms with E-state index in [4.69, 9.17) is 0 Å². The Morgan fingerprint density at radius 2 is 1.73 bits per heavy atom. The number of nitrogens with zero attached hydrogens (tertiary/aromatic N) is 5. The van der Waals surface area contributed by atoms with E-state index in [1.54, 1.807) is 28.3 Å². The second-order valence-corrected chi connectivity index (χ2v) is 12.8. The number of carbonyl (C=O) groups is 2. The van der Waals surface area contributed by atoms with Gasteiger partial charge in [-0.2, -0.15) is 4.31 Å². The molecule has 1 fully saturated rings. The summed E-state index contributed by atoms with van der Waals surface area (Å²) in [6.07, 6.45) is 4.28. The van der Waals surface area contributed by atoms with Crippen LogP contribution in [0.25, 0.3) is 5.69 Å². The number of thiazole rings is 1. The molecule has 214 valence electrons. The molecule has 0 spiro atoms. The van der Waals surface area contributed by atoms with Crippen LogP contribution in [0.2, 0.25) is 0 Å². The molecule has 1 aliphatic heterocycles. The standard InChI is InChI=1S/C26H26FN7O4S3/c27-19-6-8-20(9-7-19)34-22(31-32-26(34)40-17-23(35)30-25-28-12-15-39-25)16-29-24(36)18-4-10-21(11-5-18)41(37,38)33-13-2-1-3-14-33/h4-12,15H,1-3,13-14,16-17H2,(H,29,36)(H,28,30,35). The molecule has 3 heterocycles. The van der Waals surface area contributed by atoms with Gasteiger partial charge in [0, 0.05) is 35.9 Å². The first-order chi connectivity index (χ1) is 19.8. The van der Waals surface area contributed by atoms with E-state index < -0.39 is 21.7 Å². The zero-order valence-electron chi connectivity index (χ0n) is 21.7. The Morgan fingerprint density at radius 3 is 2.41 bits per heavy atom. The molecule has 2 aromatic heterocycles. The Labute approximate surface area is 244 Å². The van der Waals surface area contributed by atoms with Gasteiger partial charge in [0.05, 0.1) is 17.2 Å². The largest absolute Gasteiger partial charge is 0.345 e. The lowest BCUT2D eigenvalue weighted by Gasteiger charge is -2.25. The quantitative estimate of drug-likeness (QED) is 0.258. The van der Waals surface area contributed by atoms with Crippen LogP contribution < -0.4 is 10.6 Å². The first kappa shape index (κ1) is 28.9. The number of nitrogens with one attached hydrogen (secondary N) is 2. The molecule has 0 saturated carbocycles. The van der Waals surface area contributed by atoms with E-state index in [0.717, 1.165) is 31.0 Å². The summed E-state index contributed by atoms with van der Waals surface area (Å²) in [5, 5.41) is 16.5. The lowest BCUT2D eigenvalue weighted by molar-refractivity contribution is -0.113. The molecule has 2 aromatic carbocycles. The van der Waals surface area contributed by atoms with Crippen molar-refractivity contribution in [2.45, 2.75) is 35.9 Å². The molecule has 0 aliphatic carbocycles. The maximum Gasteiger partial charge on any atom is 0.251 e. The van der Waals surface area contributed by atoms with Crippen LogP contribution in [0.1, 0.15) is 35.4 Å². The average Bonchev–Trinajstić information content (AvgIpc) is 3.65. The third-order valence-electron chi connectivity index (χ3n) is 6.27. The number of sulfonamides is 1. The van der Waals surface area contributed by atoms with E-state index in [1.165, 1.54) is 52.0 Å². The normalized spacial score (nSPS) is 14.1. The number of thioether (sulfide) groups is 1. The van der Waals surface area contributed by atoms with Gasteiger partial charge in [-0.25, -0.2) is 17.8 Å². The molecule has 0 atom stereocenters. The number of amides is 2. The van der Waals surface area contributed by atoms with E-state index >= 15 is 0 Å². The number of hydrogen-bond donors (Lipinski definition) is 2. The number of anilines is 1. The molecule has 0 radical (unpaired) electrons. The molecular formula is C26H26FN7O4S3. The fraction of sp³-hybridized carbons (Fsp3) is 0.269. The van der Waals surface area contributed by atoms with Crippen molar-refractivity contribution in [3.05, 3.63) is 77.3 Å². The maximum atomic E-state index is 13.6. The average molecular weight is 616 g/mol. The maximum absolute atomic E-state index is 13.6. The van der Waals surface area contributed by atoms with Crippen LogP contribution in [-0.2, 0) is 21.4 Å². The van der Waals surface area contributed by atoms with E-state index in [1.807, 2.05) is 0 Å². The molecule has 15 heteroatoms. The lowest BCUT2D eigenvalue weighted by Crippen LogP contribution is -2.35. The highest BCUT2D eigenvalue weighted by atomic mass is 32.2. The first-order valence-corrected chi connectivity index (χ1v) is 16.0. The summed E-state index contributed by atoms with van der Waals surface area (Å²) in [4.78, 5) is 29.4. The summed E-state index contributed by atoms with van der Waals surface area (Å²) in [6.45, 7) is 0.967. The van der Waals surface area contributed by atoms with Crippen LogP contribution in [0.5, 0.6) is 0 Å². The Kier molecular flexibility index (Phi) is 9.07. The third kappa shape index (κ3) is 6.98. The Bertz CT molecular complexity index is 1600. The predicted molar refractivity (Wildman–Crippen MR) is 153 cm³/mol. The van der Waals surface area contributed by atoms with Crippen molar-refractivity contribution in [1.82, 2.24) is 29.4 Å². The molecule has 11 nitrogen and oxygen atoms in total. The van der Waals surface area contributed by atoms with E-state index in [9.17, 15) is 22.4 Å². The minimum atomic E-state index is -3.60. The van der Waals surface area contributed by atoms with Gasteiger partial charge >= 0.3 is 0 Å². The number of halogens is 1. The topological polar surface area (TPSA) is 139 Å². The second kappa shape index (κ2) is 12.9. The fourth-order valence-electron chi connectivity index (χ4n) is 4.22. The van der Waals surface area contributed by atoms with Gasteiger partial charge < -0.3 is 10.6 Å². The molecule has 0 unspecified atom stereocenters. The van der Waals surface area contributed by atoms with Crippen molar-refractivity contribution < 1.29 is 22.4 Å². The van der Waals surface area contributed by atoms with Gasteiger partial charge in [0.15, 0.2) is 16.1 Å². The summed E-state index contributed by atoms with van der Waals surface area (Å²) in [5.41, 5.74) is 0.833. The SMILES string of the molecule is O=C(CSc1nnc(CNC(=O)c2ccc(S(=O)(=O)N3CCCCC3)cc2)n1-c1ccc(F)cc1)Nc1nccs1. The van der Waals surface area contributed by atoms with Crippen LogP contribution in [0, 0.1) is 5.82 Å². The fourth-order valence-corrected chi connectivity index (χ4v) is 7.06. The zero-order valence-corrected chi connectivity index (χ0v) is 24.1. The molecule has 41 heavy (non-hydrogen) atoms. The Balaban J connectivity index is 1.27. The molecule has 0 bridgehead atoms. The Hall–Kier alpha value is -3.66. The molecule has 1 saturated heterocycles. The monoisotopic (exact) mass is 615 g/mol. The summed E-state index contributed by atoms with van der Waals surface area (Å²) >= 11 is 2.43. The van der Waals surface area contributed by atoms with Crippen molar-refractivity contribution in [2.24, 2.45) is 0 Å². The van der Waals surface area contributed by atoms with Crippen molar-refractivity contribution in [2.75, 3.05) is 24.2 Å². The number of piperidine rings is 1. The lowest BCUT2D eigenvalue weighted by atomic mass is 10.2. The van der Waals surface area contributed by atoms with Gasteiger partial charge in [0.2, 0.25) is 15.9 Å². The van der Waals surface area contributed by atoms with Gasteiger partial charge in [0.25, 0.3) is 5.91 Å². The van der Waals surface area contributed by atoms with Crippen LogP contribution >= 0.6 is 23.1 Å². The van der Waals surface area contributed by atoms with E-state index in [0.29, 0.717) is 34.9 Å². The number of rotatable bonds is 10. The summed E-state index contributed by atoms with van der Waals surface area (Å²) in [6, 6.07) is 11.5. The molecule has 4 aromatic rings. The third-order valence-corrected chi connectivity index (χ3v) is 9.80. The molecule has 5 rings (SSSR count). The summed E-state index contributed by atoms with van der Waals surface area (Å²) < 4.78 is 42.5. The van der Waals surface area contributed by atoms with Crippen LogP contribution in [0.4, 0.5) is 9.52 Å². The smallest absolute Gasteiger partial charge is 0.251 e. The summed E-state index contributed by atoms with van der Waals surface area (Å²) in [5.74, 6) is -0.744. The van der Waals surface area contributed by atoms with Gasteiger partial charge in [-0.15, -0.1) is 21.5 Å². The zero-order chi connectivity index (χ0) is 28.8. The Morgan fingerprint density at radius 1 is 1.00 bits per heavy atom. The number of carbonyl (C=O) groups excluding carboxylic acids is 2. The molecule has 2 amide bonds. The highest BCUT2D eigenvalue weighted by Crippen LogP contribution is 2.24. The predicted octanol–water partition coefficient (Wildman–Crippen LogP) is 3.70. The summed E-state index contributed by atoms with van der Waals surface area (Å²) in [7, 11) is -3.60. The number of hydrogen-bond acceptors (Lipinski definition) is 9. The van der Waals surface area contributed by atoms with Crippen LogP contribution in [-0.4, -0.2) is 63.1 Å². The van der Waals surface area contributed by atoms with E-state index in [2.05, 4.69) is 25.8 Å². The van der Waals surface area contributed by atoms with Crippen molar-refractivity contribution in [1.29, 1.82) is 0 Å². The van der Waals surface area contributed by atoms with Gasteiger partial charge in [-0.3, -0.25) is 14.2 Å². The minimum Gasteiger partial charge on any atom is -0.345 e. The first-order valence-electron chi connectivity index (χ1n) is 12.7. The molecule has 2 N–H and O–H groups in total. The molecular weight excluding hydrogens is 590 g/mol. The number of benzene rings is 2. The number of aromatic nitrogens is 4.